The standard InChI is InChI=1S/C43H54N6O8/c1-46(2)24-34-36(56-4)22-28(23-37(34)57-5)32-25-47(3)40(52)33-26-48(20-18-29(32)33)43(55)44-19-12-10-8-6-7-9-11-13-27-14-15-30-31(21-27)42(54)49(41(30)53)35-16-17-38(50)45-39(35)51/h14-15,21-23,25,35H,6-13,16-20,24,26H2,1-5H3,(H,44,55)(H,45,50,51). The topological polar surface area (TPSA) is 160 Å². The van der Waals surface area contributed by atoms with E-state index in [-0.39, 0.29) is 31.0 Å². The van der Waals surface area contributed by atoms with Crippen LogP contribution in [-0.4, -0.2) is 96.4 Å². The van der Waals surface area contributed by atoms with Gasteiger partial charge in [0, 0.05) is 50.4 Å². The minimum atomic E-state index is -0.964. The van der Waals surface area contributed by atoms with Gasteiger partial charge in [-0.2, -0.15) is 0 Å². The second-order valence-corrected chi connectivity index (χ2v) is 15.5. The molecule has 3 aromatic rings. The Morgan fingerprint density at radius 2 is 1.51 bits per heavy atom. The third-order valence-corrected chi connectivity index (χ3v) is 11.2. The lowest BCUT2D eigenvalue weighted by molar-refractivity contribution is -0.136. The Balaban J connectivity index is 0.916. The molecule has 1 unspecified atom stereocenters. The molecule has 14 nitrogen and oxygen atoms in total. The number of imide groups is 2. The maximum Gasteiger partial charge on any atom is 0.317 e. The van der Waals surface area contributed by atoms with E-state index in [0.717, 1.165) is 84.1 Å². The van der Waals surface area contributed by atoms with Gasteiger partial charge in [-0.25, -0.2) is 4.79 Å². The van der Waals surface area contributed by atoms with Gasteiger partial charge in [0.2, 0.25) is 11.8 Å². The van der Waals surface area contributed by atoms with Crippen molar-refractivity contribution in [3.05, 3.63) is 80.3 Å². The molecule has 0 radical (unpaired) electrons. The van der Waals surface area contributed by atoms with Crippen LogP contribution in [0.15, 0.2) is 41.3 Å². The van der Waals surface area contributed by atoms with E-state index in [1.165, 1.54) is 0 Å². The molecule has 0 bridgehead atoms. The van der Waals surface area contributed by atoms with Crippen molar-refractivity contribution in [3.8, 4) is 22.6 Å². The van der Waals surface area contributed by atoms with Crippen LogP contribution < -0.4 is 25.7 Å². The van der Waals surface area contributed by atoms with Gasteiger partial charge >= 0.3 is 6.03 Å². The minimum Gasteiger partial charge on any atom is -0.496 e. The second kappa shape index (κ2) is 18.2. The third-order valence-electron chi connectivity index (χ3n) is 11.2. The lowest BCUT2D eigenvalue weighted by atomic mass is 9.91. The van der Waals surface area contributed by atoms with Crippen LogP contribution in [0.3, 0.4) is 0 Å². The molecular weight excluding hydrogens is 729 g/mol. The van der Waals surface area contributed by atoms with Gasteiger partial charge < -0.3 is 29.2 Å². The van der Waals surface area contributed by atoms with E-state index in [4.69, 9.17) is 9.47 Å². The van der Waals surface area contributed by atoms with Crippen LogP contribution in [0.4, 0.5) is 4.79 Å². The molecular formula is C43H54N6O8. The molecule has 2 N–H and O–H groups in total. The van der Waals surface area contributed by atoms with E-state index < -0.39 is 29.7 Å². The zero-order chi connectivity index (χ0) is 40.8. The number of hydrogen-bond acceptors (Lipinski definition) is 9. The van der Waals surface area contributed by atoms with Crippen molar-refractivity contribution in [1.82, 2.24) is 29.9 Å². The largest absolute Gasteiger partial charge is 0.496 e. The van der Waals surface area contributed by atoms with Gasteiger partial charge in [0.15, 0.2) is 0 Å². The lowest BCUT2D eigenvalue weighted by Crippen LogP contribution is -2.54. The summed E-state index contributed by atoms with van der Waals surface area (Å²) in [5, 5.41) is 5.28. The van der Waals surface area contributed by atoms with E-state index in [1.807, 2.05) is 38.5 Å². The van der Waals surface area contributed by atoms with Crippen LogP contribution in [0.1, 0.15) is 101 Å². The highest BCUT2D eigenvalue weighted by Crippen LogP contribution is 2.38. The Bertz CT molecular complexity index is 2080. The lowest BCUT2D eigenvalue weighted by Gasteiger charge is -2.30. The zero-order valence-corrected chi connectivity index (χ0v) is 33.7. The van der Waals surface area contributed by atoms with Crippen LogP contribution >= 0.6 is 0 Å². The number of nitrogens with zero attached hydrogens (tertiary/aromatic N) is 4. The van der Waals surface area contributed by atoms with Crippen molar-refractivity contribution in [1.29, 1.82) is 0 Å². The van der Waals surface area contributed by atoms with Crippen molar-refractivity contribution < 1.29 is 33.4 Å². The van der Waals surface area contributed by atoms with Gasteiger partial charge in [0.25, 0.3) is 17.4 Å². The first-order valence-corrected chi connectivity index (χ1v) is 19.9. The Hall–Kier alpha value is -5.50. The van der Waals surface area contributed by atoms with Gasteiger partial charge in [-0.05, 0) is 87.2 Å². The number of hydrogen-bond donors (Lipinski definition) is 2. The molecule has 57 heavy (non-hydrogen) atoms. The molecule has 0 aliphatic carbocycles. The number of carbonyl (C=O) groups is 5. The number of piperidine rings is 1. The number of aryl methyl sites for hydroxylation is 2. The maximum absolute atomic E-state index is 13.3. The van der Waals surface area contributed by atoms with Crippen molar-refractivity contribution in [2.75, 3.05) is 41.4 Å². The fourth-order valence-corrected chi connectivity index (χ4v) is 8.15. The fourth-order valence-electron chi connectivity index (χ4n) is 8.15. The first-order valence-electron chi connectivity index (χ1n) is 19.9. The van der Waals surface area contributed by atoms with Crippen molar-refractivity contribution >= 4 is 29.7 Å². The van der Waals surface area contributed by atoms with Crippen LogP contribution in [0, 0.1) is 0 Å². The molecule has 1 atom stereocenters. The summed E-state index contributed by atoms with van der Waals surface area (Å²) in [4.78, 5) is 81.2. The van der Waals surface area contributed by atoms with Crippen molar-refractivity contribution in [2.24, 2.45) is 7.05 Å². The normalized spacial score (nSPS) is 16.5. The molecule has 3 aliphatic rings. The average Bonchev–Trinajstić information content (AvgIpc) is 3.44. The number of pyridine rings is 1. The molecule has 1 saturated heterocycles. The van der Waals surface area contributed by atoms with Gasteiger partial charge in [-0.15, -0.1) is 0 Å². The molecule has 14 heteroatoms. The Morgan fingerprint density at radius 1 is 0.842 bits per heavy atom. The van der Waals surface area contributed by atoms with Gasteiger partial charge in [0.1, 0.15) is 17.5 Å². The molecule has 1 fully saturated rings. The Kier molecular flexibility index (Phi) is 13.1. The van der Waals surface area contributed by atoms with E-state index >= 15 is 0 Å². The molecule has 0 spiro atoms. The minimum absolute atomic E-state index is 0.0919. The van der Waals surface area contributed by atoms with Crippen molar-refractivity contribution in [3.63, 3.8) is 0 Å². The maximum atomic E-state index is 13.3. The summed E-state index contributed by atoms with van der Waals surface area (Å²) in [7, 11) is 9.01. The molecule has 4 heterocycles. The van der Waals surface area contributed by atoms with E-state index in [2.05, 4.69) is 15.5 Å². The van der Waals surface area contributed by atoms with Crippen molar-refractivity contribution in [2.45, 2.75) is 89.8 Å². The van der Waals surface area contributed by atoms with E-state index in [0.29, 0.717) is 54.2 Å². The molecule has 1 aromatic heterocycles. The molecule has 0 saturated carbocycles. The monoisotopic (exact) mass is 782 g/mol. The van der Waals surface area contributed by atoms with E-state index in [1.54, 1.807) is 42.9 Å². The SMILES string of the molecule is COc1cc(-c2cn(C)c(=O)c3c2CCN(C(=O)NCCCCCCCCCc2ccc4c(c2)C(=O)N(C2CCC(=O)NC2=O)C4=O)C3)cc(OC)c1CN(C)C. The van der Waals surface area contributed by atoms with Crippen LogP contribution in [-0.2, 0) is 42.6 Å². The predicted octanol–water partition coefficient (Wildman–Crippen LogP) is 4.57. The molecule has 6 amide bonds. The molecule has 304 valence electrons. The highest BCUT2D eigenvalue weighted by molar-refractivity contribution is 6.23. The van der Waals surface area contributed by atoms with Gasteiger partial charge in [-0.3, -0.25) is 34.2 Å². The summed E-state index contributed by atoms with van der Waals surface area (Å²) in [5.74, 6) is -0.547. The molecule has 6 rings (SSSR count). The number of methoxy groups -OCH3 is 2. The summed E-state index contributed by atoms with van der Waals surface area (Å²) < 4.78 is 13.1. The number of rotatable bonds is 16. The molecule has 2 aromatic carbocycles. The third kappa shape index (κ3) is 9.06. The van der Waals surface area contributed by atoms with Gasteiger partial charge in [-0.1, -0.05) is 38.2 Å². The summed E-state index contributed by atoms with van der Waals surface area (Å²) in [6, 6.07) is 8.16. The van der Waals surface area contributed by atoms with Crippen LogP contribution in [0.2, 0.25) is 0 Å². The van der Waals surface area contributed by atoms with E-state index in [9.17, 15) is 28.8 Å². The van der Waals surface area contributed by atoms with Crippen LogP contribution in [0.5, 0.6) is 11.5 Å². The number of ether oxygens (including phenoxy) is 2. The number of urea groups is 1. The Labute approximate surface area is 333 Å². The highest BCUT2D eigenvalue weighted by Gasteiger charge is 2.44. The number of unbranched alkanes of at least 4 members (excludes halogenated alkanes) is 6. The smallest absolute Gasteiger partial charge is 0.317 e. The quantitative estimate of drug-likeness (QED) is 0.157. The fraction of sp³-hybridized carbons (Fsp3) is 0.488. The number of benzene rings is 2. The number of fused-ring (bicyclic) bond motifs is 2. The number of carbonyl (C=O) groups excluding carboxylic acids is 5. The number of nitrogens with one attached hydrogen (secondary N) is 2. The van der Waals surface area contributed by atoms with Gasteiger partial charge in [0.05, 0.1) is 37.5 Å². The second-order valence-electron chi connectivity index (χ2n) is 15.5. The summed E-state index contributed by atoms with van der Waals surface area (Å²) in [6.45, 7) is 1.97. The summed E-state index contributed by atoms with van der Waals surface area (Å²) in [5.41, 5.74) is 5.83. The van der Waals surface area contributed by atoms with Crippen LogP contribution in [0.25, 0.3) is 11.1 Å². The molecule has 3 aliphatic heterocycles. The highest BCUT2D eigenvalue weighted by atomic mass is 16.5. The first-order chi connectivity index (χ1) is 27.4. The summed E-state index contributed by atoms with van der Waals surface area (Å²) >= 11 is 0. The number of aromatic nitrogens is 1. The number of amides is 6. The first kappa shape index (κ1) is 41.1. The average molecular weight is 783 g/mol. The predicted molar refractivity (Wildman–Crippen MR) is 214 cm³/mol. The zero-order valence-electron chi connectivity index (χ0n) is 33.7. The summed E-state index contributed by atoms with van der Waals surface area (Å²) in [6.07, 6.45) is 10.5. The Morgan fingerprint density at radius 3 is 2.18 bits per heavy atom.